The van der Waals surface area contributed by atoms with Crippen molar-refractivity contribution in [3.8, 4) is 27.5 Å². The van der Waals surface area contributed by atoms with Crippen LogP contribution in [-0.2, 0) is 17.6 Å². The summed E-state index contributed by atoms with van der Waals surface area (Å²) >= 11 is 8.41. The van der Waals surface area contributed by atoms with Gasteiger partial charge in [-0.05, 0) is 94.8 Å². The van der Waals surface area contributed by atoms with E-state index in [-0.39, 0.29) is 17.9 Å². The Kier molecular flexibility index (Phi) is 7.99. The molecular formula is C33H36ClN7O2S. The Morgan fingerprint density at radius 2 is 1.89 bits per heavy atom. The van der Waals surface area contributed by atoms with E-state index in [0.717, 1.165) is 71.6 Å². The van der Waals surface area contributed by atoms with Gasteiger partial charge in [-0.1, -0.05) is 22.9 Å². The summed E-state index contributed by atoms with van der Waals surface area (Å²) in [4.78, 5) is 40.0. The molecule has 1 aliphatic heterocycles. The summed E-state index contributed by atoms with van der Waals surface area (Å²) in [5.41, 5.74) is 5.94. The van der Waals surface area contributed by atoms with Gasteiger partial charge >= 0.3 is 0 Å². The van der Waals surface area contributed by atoms with Crippen LogP contribution in [0.4, 0.5) is 5.13 Å². The van der Waals surface area contributed by atoms with Crippen LogP contribution in [0.1, 0.15) is 67.1 Å². The minimum atomic E-state index is -0.159. The molecule has 2 amide bonds. The van der Waals surface area contributed by atoms with Crippen LogP contribution in [0.3, 0.4) is 0 Å². The smallest absolute Gasteiger partial charge is 0.253 e. The number of halogens is 1. The molecule has 4 aromatic rings. The number of hydrogen-bond donors (Lipinski definition) is 1. The maximum Gasteiger partial charge on any atom is 0.253 e. The number of thiazole rings is 1. The van der Waals surface area contributed by atoms with Crippen LogP contribution in [0, 0.1) is 0 Å². The normalized spacial score (nSPS) is 19.8. The average Bonchev–Trinajstić information content (AvgIpc) is 3.79. The van der Waals surface area contributed by atoms with E-state index in [0.29, 0.717) is 27.4 Å². The molecule has 0 radical (unpaired) electrons. The minimum absolute atomic E-state index is 0.00805. The molecule has 7 rings (SSSR count). The van der Waals surface area contributed by atoms with Crippen LogP contribution in [0.15, 0.2) is 42.7 Å². The first-order valence-corrected chi connectivity index (χ1v) is 16.7. The van der Waals surface area contributed by atoms with Crippen molar-refractivity contribution in [2.75, 3.05) is 25.5 Å². The molecule has 9 nitrogen and oxygen atoms in total. The Bertz CT molecular complexity index is 1700. The number of nitrogens with zero attached hydrogens (tertiary/aromatic N) is 6. The van der Waals surface area contributed by atoms with Crippen LogP contribution in [0.2, 0.25) is 5.02 Å². The molecule has 0 spiro atoms. The highest BCUT2D eigenvalue weighted by molar-refractivity contribution is 7.19. The maximum atomic E-state index is 13.6. The van der Waals surface area contributed by atoms with E-state index < -0.39 is 0 Å². The summed E-state index contributed by atoms with van der Waals surface area (Å²) < 4.78 is 1.87. The molecule has 44 heavy (non-hydrogen) atoms. The summed E-state index contributed by atoms with van der Waals surface area (Å²) in [7, 11) is 1.92. The monoisotopic (exact) mass is 629 g/mol. The quantitative estimate of drug-likeness (QED) is 0.271. The largest absolute Gasteiger partial charge is 0.339 e. The second kappa shape index (κ2) is 12.1. The fraction of sp³-hybridized carbons (Fsp3) is 0.424. The topological polar surface area (TPSA) is 96.2 Å². The van der Waals surface area contributed by atoms with Crippen molar-refractivity contribution in [1.29, 1.82) is 0 Å². The second-order valence-corrected chi connectivity index (χ2v) is 13.5. The summed E-state index contributed by atoms with van der Waals surface area (Å²) in [5.74, 6) is -0.167. The molecule has 4 heterocycles. The lowest BCUT2D eigenvalue weighted by Gasteiger charge is -2.38. The first-order valence-electron chi connectivity index (χ1n) is 15.5. The highest BCUT2D eigenvalue weighted by atomic mass is 35.5. The zero-order chi connectivity index (χ0) is 30.4. The summed E-state index contributed by atoms with van der Waals surface area (Å²) in [6, 6.07) is 10.3. The van der Waals surface area contributed by atoms with E-state index in [2.05, 4.69) is 15.2 Å². The molecule has 2 aliphatic carbocycles. The molecule has 0 unspecified atom stereocenters. The number of carbonyl (C=O) groups is 2. The van der Waals surface area contributed by atoms with Gasteiger partial charge in [-0.2, -0.15) is 5.10 Å². The van der Waals surface area contributed by atoms with E-state index in [9.17, 15) is 9.59 Å². The van der Waals surface area contributed by atoms with Crippen LogP contribution in [0.5, 0.6) is 0 Å². The van der Waals surface area contributed by atoms with Crippen molar-refractivity contribution in [3.63, 3.8) is 0 Å². The van der Waals surface area contributed by atoms with Crippen LogP contribution < -0.4 is 5.32 Å². The summed E-state index contributed by atoms with van der Waals surface area (Å²) in [5, 5.41) is 8.92. The van der Waals surface area contributed by atoms with E-state index in [4.69, 9.17) is 21.7 Å². The van der Waals surface area contributed by atoms with Gasteiger partial charge in [0.2, 0.25) is 5.91 Å². The van der Waals surface area contributed by atoms with Gasteiger partial charge in [-0.25, -0.2) is 9.67 Å². The number of nitrogens with one attached hydrogen (secondary N) is 1. The van der Waals surface area contributed by atoms with E-state index in [1.165, 1.54) is 44.2 Å². The predicted molar refractivity (Wildman–Crippen MR) is 174 cm³/mol. The number of rotatable bonds is 6. The third-order valence-corrected chi connectivity index (χ3v) is 10.7. The lowest BCUT2D eigenvalue weighted by molar-refractivity contribution is -0.114. The average molecular weight is 630 g/mol. The molecule has 3 aromatic heterocycles. The fourth-order valence-electron chi connectivity index (χ4n) is 7.08. The molecule has 3 aliphatic rings. The molecule has 1 saturated carbocycles. The first-order chi connectivity index (χ1) is 21.4. The SMILES string of the molecule is CC(=O)Nc1nc2c(s1)-c1c(c(-c3cccnc3)nn1-c1ccc(C(=O)N(C)C3CCC(N4CCCC4)CC3)cc1Cl)CC2. The van der Waals surface area contributed by atoms with Crippen molar-refractivity contribution in [1.82, 2.24) is 29.5 Å². The molecule has 1 N–H and O–H groups in total. The summed E-state index contributed by atoms with van der Waals surface area (Å²) in [6.07, 6.45) is 12.0. The molecule has 0 bridgehead atoms. The number of aromatic nitrogens is 4. The van der Waals surface area contributed by atoms with Gasteiger partial charge in [-0.15, -0.1) is 0 Å². The van der Waals surface area contributed by atoms with Gasteiger partial charge in [0.05, 0.1) is 32.7 Å². The van der Waals surface area contributed by atoms with Crippen molar-refractivity contribution in [2.24, 2.45) is 0 Å². The molecule has 0 atom stereocenters. The van der Waals surface area contributed by atoms with Gasteiger partial charge < -0.3 is 15.1 Å². The molecule has 1 aromatic carbocycles. The zero-order valence-electron chi connectivity index (χ0n) is 25.1. The van der Waals surface area contributed by atoms with E-state index in [1.807, 2.05) is 47.1 Å². The van der Waals surface area contributed by atoms with Crippen molar-refractivity contribution in [2.45, 2.75) is 70.4 Å². The van der Waals surface area contributed by atoms with Crippen LogP contribution >= 0.6 is 22.9 Å². The Labute approximate surface area is 266 Å². The highest BCUT2D eigenvalue weighted by Gasteiger charge is 2.33. The third kappa shape index (κ3) is 5.44. The first kappa shape index (κ1) is 29.1. The van der Waals surface area contributed by atoms with Crippen LogP contribution in [0.25, 0.3) is 27.5 Å². The van der Waals surface area contributed by atoms with Gasteiger partial charge in [0.25, 0.3) is 5.91 Å². The lowest BCUT2D eigenvalue weighted by atomic mass is 9.89. The van der Waals surface area contributed by atoms with Gasteiger partial charge in [0.15, 0.2) is 5.13 Å². The molecule has 2 fully saturated rings. The van der Waals surface area contributed by atoms with Gasteiger partial charge in [-0.3, -0.25) is 14.6 Å². The molecule has 228 valence electrons. The maximum absolute atomic E-state index is 13.6. The molecule has 11 heteroatoms. The number of benzene rings is 1. The molecule has 1 saturated heterocycles. The lowest BCUT2D eigenvalue weighted by Crippen LogP contribution is -2.44. The Balaban J connectivity index is 1.19. The number of pyridine rings is 1. The second-order valence-electron chi connectivity index (χ2n) is 12.1. The number of hydrogen-bond acceptors (Lipinski definition) is 7. The van der Waals surface area contributed by atoms with Crippen molar-refractivity contribution in [3.05, 3.63) is 64.6 Å². The van der Waals surface area contributed by atoms with Gasteiger partial charge in [0, 0.05) is 55.1 Å². The predicted octanol–water partition coefficient (Wildman–Crippen LogP) is 6.25. The standard InChI is InChI=1S/C33H36ClN7O2S/c1-20(42)36-33-37-27-13-12-25-29(22-6-5-15-35-19-22)38-41(30(25)31(27)44-33)28-14-7-21(18-26(28)34)32(43)39(2)23-8-10-24(11-9-23)40-16-3-4-17-40/h5-7,14-15,18-19,23-24H,3-4,8-13,16-17H2,1-2H3,(H,36,37,42). The number of anilines is 1. The number of aryl methyl sites for hydroxylation is 1. The molecular weight excluding hydrogens is 594 g/mol. The van der Waals surface area contributed by atoms with Crippen LogP contribution in [-0.4, -0.2) is 73.6 Å². The number of amides is 2. The summed E-state index contributed by atoms with van der Waals surface area (Å²) in [6.45, 7) is 3.92. The zero-order valence-corrected chi connectivity index (χ0v) is 26.6. The number of carbonyl (C=O) groups excluding carboxylic acids is 2. The van der Waals surface area contributed by atoms with Gasteiger partial charge in [0.1, 0.15) is 0 Å². The van der Waals surface area contributed by atoms with E-state index in [1.54, 1.807) is 12.3 Å². The van der Waals surface area contributed by atoms with Crippen molar-refractivity contribution < 1.29 is 9.59 Å². The Morgan fingerprint density at radius 1 is 1.09 bits per heavy atom. The minimum Gasteiger partial charge on any atom is -0.339 e. The highest BCUT2D eigenvalue weighted by Crippen LogP contribution is 2.45. The Morgan fingerprint density at radius 3 is 2.59 bits per heavy atom. The number of fused-ring (bicyclic) bond motifs is 3. The Hall–Kier alpha value is -3.60. The number of likely N-dealkylation sites (tertiary alicyclic amines) is 1. The van der Waals surface area contributed by atoms with Crippen molar-refractivity contribution >= 4 is 39.9 Å². The fourth-order valence-corrected chi connectivity index (χ4v) is 8.46. The third-order valence-electron chi connectivity index (χ3n) is 9.34. The van der Waals surface area contributed by atoms with E-state index >= 15 is 0 Å².